The molecule has 2 rings (SSSR count). The molecule has 0 saturated carbocycles. The van der Waals surface area contributed by atoms with Crippen LogP contribution in [0.3, 0.4) is 0 Å². The first kappa shape index (κ1) is 25.8. The third-order valence-electron chi connectivity index (χ3n) is 2.92. The van der Waals surface area contributed by atoms with Gasteiger partial charge in [0.1, 0.15) is 0 Å². The first-order valence-electron chi connectivity index (χ1n) is 6.72. The number of halogens is 2. The van der Waals surface area contributed by atoms with Crippen LogP contribution in [0.4, 0.5) is 0 Å². The Labute approximate surface area is 157 Å². The molecular formula is C17H23Cl2NTi-2. The molecule has 0 atom stereocenters. The SMILES string of the molecule is CCCC[NH-].C[CH-]c1ccccc1C1=CC=CC1.[Cl-].[Cl-].[Ti+2]. The molecule has 0 bridgehead atoms. The largest absolute Gasteiger partial charge is 2.00 e. The van der Waals surface area contributed by atoms with Crippen LogP contribution in [0, 0.1) is 6.42 Å². The van der Waals surface area contributed by atoms with E-state index in [9.17, 15) is 0 Å². The Morgan fingerprint density at radius 3 is 2.29 bits per heavy atom. The predicted molar refractivity (Wildman–Crippen MR) is 81.3 cm³/mol. The van der Waals surface area contributed by atoms with Gasteiger partial charge in [-0.2, -0.15) is 24.6 Å². The van der Waals surface area contributed by atoms with Crippen molar-refractivity contribution >= 4 is 5.57 Å². The van der Waals surface area contributed by atoms with Gasteiger partial charge in [0.2, 0.25) is 0 Å². The van der Waals surface area contributed by atoms with E-state index in [1.165, 1.54) is 16.7 Å². The Hall–Kier alpha value is -0.176. The van der Waals surface area contributed by atoms with Crippen molar-refractivity contribution in [2.75, 3.05) is 6.54 Å². The topological polar surface area (TPSA) is 23.8 Å². The Kier molecular flexibility index (Phi) is 19.9. The van der Waals surface area contributed by atoms with Gasteiger partial charge < -0.3 is 30.5 Å². The van der Waals surface area contributed by atoms with Gasteiger partial charge in [0.25, 0.3) is 0 Å². The molecule has 4 heteroatoms. The molecule has 0 heterocycles. The molecule has 1 aliphatic rings. The summed E-state index contributed by atoms with van der Waals surface area (Å²) >= 11 is 0. The van der Waals surface area contributed by atoms with E-state index in [0.717, 1.165) is 19.3 Å². The van der Waals surface area contributed by atoms with E-state index in [-0.39, 0.29) is 46.5 Å². The Morgan fingerprint density at radius 1 is 1.19 bits per heavy atom. The van der Waals surface area contributed by atoms with Crippen LogP contribution in [0.1, 0.15) is 44.2 Å². The standard InChI is InChI=1S/C13H13.C4H10N.2ClH.Ti/c1-2-11-7-5-6-10-13(11)12-8-3-4-9-12;1-2-3-4-5;;;/h2-8,10H,9H2,1H3;5H,2-4H2,1H3;2*1H;/q2*-1;;;+2/p-2. The molecule has 0 spiro atoms. The number of hydrogen-bond acceptors (Lipinski definition) is 0. The van der Waals surface area contributed by atoms with E-state index in [1.54, 1.807) is 0 Å². The van der Waals surface area contributed by atoms with Gasteiger partial charge in [-0.05, 0) is 6.42 Å². The van der Waals surface area contributed by atoms with Crippen LogP contribution in [0.15, 0.2) is 42.5 Å². The first-order valence-corrected chi connectivity index (χ1v) is 6.72. The summed E-state index contributed by atoms with van der Waals surface area (Å²) in [6, 6.07) is 8.53. The van der Waals surface area contributed by atoms with E-state index in [4.69, 9.17) is 5.73 Å². The number of unbranched alkanes of at least 4 members (excludes halogenated alkanes) is 1. The minimum Gasteiger partial charge on any atom is -1.00 e. The van der Waals surface area contributed by atoms with Crippen LogP contribution in [0.2, 0.25) is 0 Å². The number of rotatable bonds is 4. The van der Waals surface area contributed by atoms with E-state index in [0.29, 0.717) is 6.54 Å². The maximum absolute atomic E-state index is 6.60. The summed E-state index contributed by atoms with van der Waals surface area (Å²) in [5, 5.41) is 0. The summed E-state index contributed by atoms with van der Waals surface area (Å²) in [6.07, 6.45) is 12.0. The smallest absolute Gasteiger partial charge is 1.00 e. The number of allylic oxidation sites excluding steroid dienone is 4. The summed E-state index contributed by atoms with van der Waals surface area (Å²) in [5.74, 6) is 0. The zero-order chi connectivity index (χ0) is 13.2. The van der Waals surface area contributed by atoms with Crippen molar-refractivity contribution in [2.24, 2.45) is 0 Å². The van der Waals surface area contributed by atoms with Crippen LogP contribution in [0.25, 0.3) is 11.3 Å². The molecule has 0 aromatic heterocycles. The summed E-state index contributed by atoms with van der Waals surface area (Å²) in [4.78, 5) is 0. The molecule has 0 fully saturated rings. The minimum atomic E-state index is 0. The molecule has 21 heavy (non-hydrogen) atoms. The van der Waals surface area contributed by atoms with Crippen molar-refractivity contribution in [2.45, 2.75) is 33.1 Å². The van der Waals surface area contributed by atoms with Gasteiger partial charge in [0, 0.05) is 0 Å². The molecule has 1 aromatic carbocycles. The summed E-state index contributed by atoms with van der Waals surface area (Å²) < 4.78 is 0. The van der Waals surface area contributed by atoms with E-state index in [1.807, 2.05) is 0 Å². The van der Waals surface area contributed by atoms with Crippen molar-refractivity contribution in [1.82, 2.24) is 0 Å². The summed E-state index contributed by atoms with van der Waals surface area (Å²) in [7, 11) is 0. The summed E-state index contributed by atoms with van der Waals surface area (Å²) in [5.41, 5.74) is 10.7. The average molecular weight is 360 g/mol. The number of nitrogens with one attached hydrogen (secondary N) is 1. The third-order valence-corrected chi connectivity index (χ3v) is 2.92. The fourth-order valence-corrected chi connectivity index (χ4v) is 1.86. The zero-order valence-electron chi connectivity index (χ0n) is 12.7. The fraction of sp³-hybridized carbons (Fsp3) is 0.353. The van der Waals surface area contributed by atoms with Gasteiger partial charge in [-0.15, -0.1) is 17.7 Å². The van der Waals surface area contributed by atoms with Crippen LogP contribution in [-0.2, 0) is 21.7 Å². The molecule has 0 unspecified atom stereocenters. The van der Waals surface area contributed by atoms with Gasteiger partial charge in [0.05, 0.1) is 0 Å². The van der Waals surface area contributed by atoms with E-state index in [2.05, 4.69) is 62.8 Å². The molecular weight excluding hydrogens is 337 g/mol. The van der Waals surface area contributed by atoms with Gasteiger partial charge in [0.15, 0.2) is 0 Å². The molecule has 0 radical (unpaired) electrons. The van der Waals surface area contributed by atoms with Crippen molar-refractivity contribution in [3.8, 4) is 0 Å². The molecule has 0 saturated heterocycles. The minimum absolute atomic E-state index is 0. The second-order valence-electron chi connectivity index (χ2n) is 4.30. The average Bonchev–Trinajstić information content (AvgIpc) is 2.94. The molecule has 0 aliphatic heterocycles. The maximum Gasteiger partial charge on any atom is 2.00 e. The number of benzene rings is 1. The Morgan fingerprint density at radius 2 is 1.86 bits per heavy atom. The van der Waals surface area contributed by atoms with Crippen LogP contribution >= 0.6 is 0 Å². The second-order valence-corrected chi connectivity index (χ2v) is 4.30. The first-order chi connectivity index (χ1) is 8.83. The van der Waals surface area contributed by atoms with E-state index >= 15 is 0 Å². The Bertz CT molecular complexity index is 415. The molecule has 1 aromatic rings. The van der Waals surface area contributed by atoms with Crippen LogP contribution < -0.4 is 24.8 Å². The second kappa shape index (κ2) is 16.2. The van der Waals surface area contributed by atoms with Gasteiger partial charge in [-0.1, -0.05) is 56.6 Å². The van der Waals surface area contributed by atoms with Crippen molar-refractivity contribution in [1.29, 1.82) is 0 Å². The molecule has 1 nitrogen and oxygen atoms in total. The molecule has 1 N–H and O–H groups in total. The fourth-order valence-electron chi connectivity index (χ4n) is 1.86. The molecule has 116 valence electrons. The third kappa shape index (κ3) is 9.44. The Balaban J connectivity index is -0.000000360. The quantitative estimate of drug-likeness (QED) is 0.508. The number of hydrogen-bond donors (Lipinski definition) is 0. The molecule has 1 aliphatic carbocycles. The van der Waals surface area contributed by atoms with Crippen molar-refractivity contribution in [3.05, 3.63) is 65.8 Å². The molecule has 0 amide bonds. The summed E-state index contributed by atoms with van der Waals surface area (Å²) in [6.45, 7) is 4.77. The van der Waals surface area contributed by atoms with E-state index < -0.39 is 0 Å². The van der Waals surface area contributed by atoms with Crippen LogP contribution in [0.5, 0.6) is 0 Å². The predicted octanol–water partition coefficient (Wildman–Crippen LogP) is -0.554. The zero-order valence-corrected chi connectivity index (χ0v) is 15.8. The van der Waals surface area contributed by atoms with Gasteiger partial charge in [-0.3, -0.25) is 0 Å². The van der Waals surface area contributed by atoms with Gasteiger partial charge in [-0.25, -0.2) is 0 Å². The monoisotopic (exact) mass is 359 g/mol. The van der Waals surface area contributed by atoms with Crippen molar-refractivity contribution < 1.29 is 46.5 Å². The van der Waals surface area contributed by atoms with Crippen LogP contribution in [-0.4, -0.2) is 6.54 Å². The maximum atomic E-state index is 6.60. The van der Waals surface area contributed by atoms with Gasteiger partial charge >= 0.3 is 21.7 Å². The normalized spacial score (nSPS) is 10.9. The van der Waals surface area contributed by atoms with Crippen molar-refractivity contribution in [3.63, 3.8) is 0 Å².